The van der Waals surface area contributed by atoms with E-state index in [1.54, 1.807) is 31.4 Å². The Morgan fingerprint density at radius 2 is 1.75 bits per heavy atom. The van der Waals surface area contributed by atoms with Crippen LogP contribution in [0.4, 0.5) is 0 Å². The summed E-state index contributed by atoms with van der Waals surface area (Å²) < 4.78 is 32.8. The van der Waals surface area contributed by atoms with Gasteiger partial charge in [-0.05, 0) is 55.9 Å². The number of aryl methyl sites for hydroxylation is 1. The minimum absolute atomic E-state index is 0.0123. The highest BCUT2D eigenvalue weighted by Gasteiger charge is 2.38. The first-order chi connectivity index (χ1) is 15.4. The largest absolute Gasteiger partial charge is 0.496 e. The maximum Gasteiger partial charge on any atom is 0.240 e. The van der Waals surface area contributed by atoms with Gasteiger partial charge in [0.2, 0.25) is 15.9 Å². The van der Waals surface area contributed by atoms with Crippen molar-refractivity contribution in [1.82, 2.24) is 10.0 Å². The molecule has 0 unspecified atom stereocenters. The molecule has 0 aliphatic heterocycles. The zero-order valence-electron chi connectivity index (χ0n) is 18.6. The van der Waals surface area contributed by atoms with Crippen molar-refractivity contribution in [3.63, 3.8) is 0 Å². The van der Waals surface area contributed by atoms with Gasteiger partial charge in [0.05, 0.1) is 12.0 Å². The minimum atomic E-state index is -3.44. The number of rotatable bonds is 10. The topological polar surface area (TPSA) is 84.5 Å². The van der Waals surface area contributed by atoms with E-state index in [1.807, 2.05) is 18.2 Å². The minimum Gasteiger partial charge on any atom is -0.496 e. The van der Waals surface area contributed by atoms with Crippen LogP contribution in [0.3, 0.4) is 0 Å². The summed E-state index contributed by atoms with van der Waals surface area (Å²) in [4.78, 5) is 12.9. The lowest BCUT2D eigenvalue weighted by atomic mass is 9.78. The van der Waals surface area contributed by atoms with E-state index in [0.29, 0.717) is 19.4 Å². The van der Waals surface area contributed by atoms with Gasteiger partial charge >= 0.3 is 0 Å². The Balaban J connectivity index is 1.32. The molecule has 4 rings (SSSR count). The van der Waals surface area contributed by atoms with Gasteiger partial charge in [-0.1, -0.05) is 43.2 Å². The zero-order valence-corrected chi connectivity index (χ0v) is 19.4. The third-order valence-corrected chi connectivity index (χ3v) is 8.17. The molecule has 2 aliphatic carbocycles. The second kappa shape index (κ2) is 9.63. The van der Waals surface area contributed by atoms with E-state index in [4.69, 9.17) is 4.74 Å². The highest BCUT2D eigenvalue weighted by molar-refractivity contribution is 7.89. The summed E-state index contributed by atoms with van der Waals surface area (Å²) in [5.74, 6) is 0.896. The number of ether oxygens (including phenoxy) is 1. The summed E-state index contributed by atoms with van der Waals surface area (Å²) >= 11 is 0. The number of para-hydroxylation sites is 1. The fourth-order valence-electron chi connectivity index (χ4n) is 4.61. The van der Waals surface area contributed by atoms with Crippen molar-refractivity contribution < 1.29 is 17.9 Å². The SMILES string of the molecule is COc1ccccc1C1(CNC(=O)CCc2ccc(S(=O)(=O)NC3CC3)cc2)CCCC1. The number of benzene rings is 2. The highest BCUT2D eigenvalue weighted by Crippen LogP contribution is 2.44. The summed E-state index contributed by atoms with van der Waals surface area (Å²) in [6.07, 6.45) is 7.14. The van der Waals surface area contributed by atoms with Crippen LogP contribution in [0.1, 0.15) is 56.1 Å². The predicted molar refractivity (Wildman–Crippen MR) is 124 cm³/mol. The Kier molecular flexibility index (Phi) is 6.86. The standard InChI is InChI=1S/C25H32N2O4S/c1-31-23-7-3-2-6-22(23)25(16-4-5-17-25)18-26-24(28)15-10-19-8-13-21(14-9-19)32(29,30)27-20-11-12-20/h2-3,6-9,13-14,20,27H,4-5,10-12,15-18H2,1H3,(H,26,28). The van der Waals surface area contributed by atoms with Crippen LogP contribution < -0.4 is 14.8 Å². The van der Waals surface area contributed by atoms with E-state index in [9.17, 15) is 13.2 Å². The highest BCUT2D eigenvalue weighted by atomic mass is 32.2. The van der Waals surface area contributed by atoms with Gasteiger partial charge in [0, 0.05) is 30.0 Å². The molecule has 0 radical (unpaired) electrons. The number of carbonyl (C=O) groups is 1. The van der Waals surface area contributed by atoms with Crippen LogP contribution in [0, 0.1) is 0 Å². The van der Waals surface area contributed by atoms with Gasteiger partial charge < -0.3 is 10.1 Å². The Morgan fingerprint density at radius 3 is 2.41 bits per heavy atom. The molecule has 2 aliphatic rings. The zero-order chi connectivity index (χ0) is 22.6. The third kappa shape index (κ3) is 5.33. The second-order valence-corrected chi connectivity index (χ2v) is 10.7. The molecular formula is C25H32N2O4S. The fourth-order valence-corrected chi connectivity index (χ4v) is 5.92. The molecule has 0 aromatic heterocycles. The first kappa shape index (κ1) is 22.8. The molecule has 172 valence electrons. The number of amides is 1. The smallest absolute Gasteiger partial charge is 0.240 e. The predicted octanol–water partition coefficient (Wildman–Crippen LogP) is 3.70. The van der Waals surface area contributed by atoms with Crippen LogP contribution in [0.25, 0.3) is 0 Å². The van der Waals surface area contributed by atoms with E-state index in [-0.39, 0.29) is 22.3 Å². The number of nitrogens with one attached hydrogen (secondary N) is 2. The monoisotopic (exact) mass is 456 g/mol. The van der Waals surface area contributed by atoms with Crippen LogP contribution >= 0.6 is 0 Å². The van der Waals surface area contributed by atoms with Gasteiger partial charge in [-0.25, -0.2) is 13.1 Å². The van der Waals surface area contributed by atoms with Crippen LogP contribution in [-0.2, 0) is 26.7 Å². The molecule has 0 heterocycles. The molecule has 6 nitrogen and oxygen atoms in total. The molecule has 2 N–H and O–H groups in total. The van der Waals surface area contributed by atoms with E-state index in [2.05, 4.69) is 16.1 Å². The lowest BCUT2D eigenvalue weighted by molar-refractivity contribution is -0.121. The van der Waals surface area contributed by atoms with Crippen molar-refractivity contribution in [3.8, 4) is 5.75 Å². The molecule has 2 fully saturated rings. The Bertz CT molecular complexity index is 1040. The molecule has 0 atom stereocenters. The average Bonchev–Trinajstić information content (AvgIpc) is 3.48. The number of sulfonamides is 1. The normalized spacial score (nSPS) is 17.8. The van der Waals surface area contributed by atoms with Crippen molar-refractivity contribution in [3.05, 3.63) is 59.7 Å². The van der Waals surface area contributed by atoms with Gasteiger partial charge in [-0.2, -0.15) is 0 Å². The Morgan fingerprint density at radius 1 is 1.06 bits per heavy atom. The summed E-state index contributed by atoms with van der Waals surface area (Å²) in [6.45, 7) is 0.607. The number of carbonyl (C=O) groups excluding carboxylic acids is 1. The quantitative estimate of drug-likeness (QED) is 0.571. The van der Waals surface area contributed by atoms with Gasteiger partial charge in [0.15, 0.2) is 0 Å². The van der Waals surface area contributed by atoms with Crippen molar-refractivity contribution in [2.75, 3.05) is 13.7 Å². The van der Waals surface area contributed by atoms with Gasteiger partial charge in [-0.3, -0.25) is 4.79 Å². The van der Waals surface area contributed by atoms with Crippen LogP contribution in [-0.4, -0.2) is 34.0 Å². The Hall–Kier alpha value is -2.38. The molecule has 7 heteroatoms. The number of hydrogen-bond acceptors (Lipinski definition) is 4. The van der Waals surface area contributed by atoms with Crippen molar-refractivity contribution in [1.29, 1.82) is 0 Å². The number of methoxy groups -OCH3 is 1. The maximum atomic E-state index is 12.6. The molecule has 1 amide bonds. The molecule has 32 heavy (non-hydrogen) atoms. The van der Waals surface area contributed by atoms with Gasteiger partial charge in [0.1, 0.15) is 5.75 Å². The molecular weight excluding hydrogens is 424 g/mol. The molecule has 0 saturated heterocycles. The first-order valence-electron chi connectivity index (χ1n) is 11.4. The molecule has 2 saturated carbocycles. The summed E-state index contributed by atoms with van der Waals surface area (Å²) in [5.41, 5.74) is 2.05. The van der Waals surface area contributed by atoms with Gasteiger partial charge in [0.25, 0.3) is 0 Å². The van der Waals surface area contributed by atoms with E-state index >= 15 is 0 Å². The van der Waals surface area contributed by atoms with Crippen LogP contribution in [0.2, 0.25) is 0 Å². The lowest BCUT2D eigenvalue weighted by Crippen LogP contribution is -2.39. The van der Waals surface area contributed by atoms with Crippen molar-refractivity contribution in [2.24, 2.45) is 0 Å². The average molecular weight is 457 g/mol. The molecule has 2 aromatic rings. The third-order valence-electron chi connectivity index (χ3n) is 6.64. The molecule has 0 spiro atoms. The van der Waals surface area contributed by atoms with Crippen molar-refractivity contribution >= 4 is 15.9 Å². The van der Waals surface area contributed by atoms with E-state index in [0.717, 1.165) is 49.8 Å². The second-order valence-electron chi connectivity index (χ2n) is 9.00. The maximum absolute atomic E-state index is 12.6. The Labute approximate surface area is 190 Å². The molecule has 2 aromatic carbocycles. The van der Waals surface area contributed by atoms with Gasteiger partial charge in [-0.15, -0.1) is 0 Å². The summed E-state index contributed by atoms with van der Waals surface area (Å²) in [7, 11) is -1.75. The van der Waals surface area contributed by atoms with Crippen LogP contribution in [0.5, 0.6) is 5.75 Å². The molecule has 0 bridgehead atoms. The lowest BCUT2D eigenvalue weighted by Gasteiger charge is -2.31. The summed E-state index contributed by atoms with van der Waals surface area (Å²) in [6, 6.07) is 15.0. The van der Waals surface area contributed by atoms with Crippen LogP contribution in [0.15, 0.2) is 53.4 Å². The van der Waals surface area contributed by atoms with E-state index in [1.165, 1.54) is 5.56 Å². The first-order valence-corrected chi connectivity index (χ1v) is 12.9. The fraction of sp³-hybridized carbons (Fsp3) is 0.480. The number of hydrogen-bond donors (Lipinski definition) is 2. The summed E-state index contributed by atoms with van der Waals surface area (Å²) in [5, 5.41) is 3.15. The van der Waals surface area contributed by atoms with Crippen molar-refractivity contribution in [2.45, 2.75) is 67.7 Å². The van der Waals surface area contributed by atoms with E-state index < -0.39 is 10.0 Å².